The molecule has 0 bridgehead atoms. The Labute approximate surface area is 187 Å². The number of guanidine groups is 1. The summed E-state index contributed by atoms with van der Waals surface area (Å²) in [4.78, 5) is 52.4. The third-order valence-electron chi connectivity index (χ3n) is 4.49. The van der Waals surface area contributed by atoms with Crippen molar-refractivity contribution >= 4 is 29.6 Å². The summed E-state index contributed by atoms with van der Waals surface area (Å²) in [6.07, 6.45) is 0.954. The molecule has 0 saturated heterocycles. The van der Waals surface area contributed by atoms with Crippen molar-refractivity contribution in [3.63, 3.8) is 0 Å². The molecule has 0 aliphatic heterocycles. The van der Waals surface area contributed by atoms with Gasteiger partial charge >= 0.3 is 0 Å². The minimum atomic E-state index is -0.919. The summed E-state index contributed by atoms with van der Waals surface area (Å²) in [6, 6.07) is 7.31. The number of nitrogens with one attached hydrogen (secondary N) is 3. The van der Waals surface area contributed by atoms with E-state index in [1.807, 2.05) is 30.3 Å². The van der Waals surface area contributed by atoms with Crippen LogP contribution in [0.3, 0.4) is 0 Å². The van der Waals surface area contributed by atoms with Crippen molar-refractivity contribution in [2.75, 3.05) is 13.1 Å². The van der Waals surface area contributed by atoms with Gasteiger partial charge in [0.1, 0.15) is 12.1 Å². The zero-order valence-electron chi connectivity index (χ0n) is 18.5. The lowest BCUT2D eigenvalue weighted by atomic mass is 10.1. The highest BCUT2D eigenvalue weighted by Gasteiger charge is 2.23. The summed E-state index contributed by atoms with van der Waals surface area (Å²) < 4.78 is 0. The third-order valence-corrected chi connectivity index (χ3v) is 4.49. The molecular weight excluding hydrogens is 414 g/mol. The van der Waals surface area contributed by atoms with Crippen molar-refractivity contribution in [3.8, 4) is 0 Å². The average molecular weight is 448 g/mol. The van der Waals surface area contributed by atoms with Crippen LogP contribution in [0.1, 0.15) is 32.3 Å². The number of nitrogens with zero attached hydrogens (tertiary/aromatic N) is 1. The molecule has 0 saturated carbocycles. The molecule has 0 unspecified atom stereocenters. The van der Waals surface area contributed by atoms with E-state index in [1.54, 1.807) is 13.8 Å². The molecule has 176 valence electrons. The number of hydrogen-bond donors (Lipinski definition) is 6. The molecule has 1 rings (SSSR count). The molecule has 0 aliphatic carbocycles. The topological polar surface area (TPSA) is 195 Å². The molecule has 0 heterocycles. The Hall–Kier alpha value is -3.63. The van der Waals surface area contributed by atoms with Crippen molar-refractivity contribution < 1.29 is 19.2 Å². The Morgan fingerprint density at radius 2 is 1.59 bits per heavy atom. The van der Waals surface area contributed by atoms with Crippen molar-refractivity contribution in [2.24, 2.45) is 28.1 Å². The van der Waals surface area contributed by atoms with Crippen molar-refractivity contribution in [1.29, 1.82) is 0 Å². The standard InChI is InChI=1S/C21H33N7O4/c1-13(2)19(31)28-15(9-6-10-25-21(23)24)20(32)26-12-17(29)27-16(18(22)30)11-14-7-4-3-5-8-14/h3-5,7-8,13,15-16H,6,9-12H2,1-2H3,(H2,22,30)(H,26,32)(H,27,29)(H,28,31)(H4,23,24,25)/t15-,16-/m0/s1. The van der Waals surface area contributed by atoms with Crippen LogP contribution in [-0.2, 0) is 25.6 Å². The normalized spacial score (nSPS) is 12.3. The fourth-order valence-corrected chi connectivity index (χ4v) is 2.72. The lowest BCUT2D eigenvalue weighted by Gasteiger charge is -2.20. The van der Waals surface area contributed by atoms with Gasteiger partial charge in [0, 0.05) is 18.9 Å². The van der Waals surface area contributed by atoms with Gasteiger partial charge < -0.3 is 33.2 Å². The molecule has 32 heavy (non-hydrogen) atoms. The summed E-state index contributed by atoms with van der Waals surface area (Å²) in [5, 5.41) is 7.66. The second-order valence-corrected chi connectivity index (χ2v) is 7.59. The first kappa shape index (κ1) is 26.4. The van der Waals surface area contributed by atoms with E-state index < -0.39 is 29.8 Å². The number of nitrogens with two attached hydrogens (primary N) is 3. The van der Waals surface area contributed by atoms with Crippen LogP contribution in [0.2, 0.25) is 0 Å². The fourth-order valence-electron chi connectivity index (χ4n) is 2.72. The number of benzene rings is 1. The van der Waals surface area contributed by atoms with Gasteiger partial charge in [-0.1, -0.05) is 44.2 Å². The summed E-state index contributed by atoms with van der Waals surface area (Å²) >= 11 is 0. The van der Waals surface area contributed by atoms with Crippen LogP contribution < -0.4 is 33.2 Å². The minimum Gasteiger partial charge on any atom is -0.370 e. The van der Waals surface area contributed by atoms with Gasteiger partial charge in [-0.05, 0) is 18.4 Å². The lowest BCUT2D eigenvalue weighted by Crippen LogP contribution is -2.52. The molecule has 0 spiro atoms. The second kappa shape index (κ2) is 13.6. The van der Waals surface area contributed by atoms with Crippen molar-refractivity contribution in [2.45, 2.75) is 45.2 Å². The SMILES string of the molecule is CC(C)C(=O)N[C@@H](CCCN=C(N)N)C(=O)NCC(=O)N[C@@H](Cc1ccccc1)C(N)=O. The lowest BCUT2D eigenvalue weighted by molar-refractivity contribution is -0.132. The summed E-state index contributed by atoms with van der Waals surface area (Å²) in [6.45, 7) is 3.32. The van der Waals surface area contributed by atoms with Crippen LogP contribution in [0.4, 0.5) is 0 Å². The smallest absolute Gasteiger partial charge is 0.243 e. The Morgan fingerprint density at radius 1 is 0.938 bits per heavy atom. The van der Waals surface area contributed by atoms with Gasteiger partial charge in [-0.3, -0.25) is 24.2 Å². The number of carbonyl (C=O) groups excluding carboxylic acids is 4. The Bertz CT molecular complexity index is 808. The number of aliphatic imine (C=N–C) groups is 1. The molecule has 4 amide bonds. The molecule has 2 atom stereocenters. The molecule has 0 aliphatic rings. The number of carbonyl (C=O) groups is 4. The third kappa shape index (κ3) is 10.4. The van der Waals surface area contributed by atoms with Crippen LogP contribution in [-0.4, -0.2) is 54.8 Å². The zero-order valence-corrected chi connectivity index (χ0v) is 18.5. The molecule has 11 nitrogen and oxygen atoms in total. The Balaban J connectivity index is 2.64. The van der Waals surface area contributed by atoms with E-state index in [0.29, 0.717) is 13.0 Å². The summed E-state index contributed by atoms with van der Waals surface area (Å²) in [5.74, 6) is -2.47. The zero-order chi connectivity index (χ0) is 24.1. The highest BCUT2D eigenvalue weighted by atomic mass is 16.2. The average Bonchev–Trinajstić information content (AvgIpc) is 2.73. The molecule has 9 N–H and O–H groups in total. The molecular formula is C21H33N7O4. The quantitative estimate of drug-likeness (QED) is 0.121. The molecule has 0 aromatic heterocycles. The minimum absolute atomic E-state index is 0.0617. The maximum absolute atomic E-state index is 12.6. The monoisotopic (exact) mass is 447 g/mol. The maximum Gasteiger partial charge on any atom is 0.243 e. The molecule has 1 aromatic rings. The fraction of sp³-hybridized carbons (Fsp3) is 0.476. The van der Waals surface area contributed by atoms with E-state index >= 15 is 0 Å². The van der Waals surface area contributed by atoms with E-state index in [-0.39, 0.29) is 37.2 Å². The largest absolute Gasteiger partial charge is 0.370 e. The molecule has 1 aromatic carbocycles. The van der Waals surface area contributed by atoms with Crippen LogP contribution in [0.25, 0.3) is 0 Å². The molecule has 0 radical (unpaired) electrons. The van der Waals surface area contributed by atoms with Gasteiger partial charge in [0.05, 0.1) is 6.54 Å². The number of primary amides is 1. The van der Waals surface area contributed by atoms with Crippen LogP contribution >= 0.6 is 0 Å². The molecule has 0 fully saturated rings. The van der Waals surface area contributed by atoms with Gasteiger partial charge in [0.15, 0.2) is 5.96 Å². The van der Waals surface area contributed by atoms with E-state index in [1.165, 1.54) is 0 Å². The number of rotatable bonds is 13. The first-order chi connectivity index (χ1) is 15.1. The highest BCUT2D eigenvalue weighted by Crippen LogP contribution is 2.04. The second-order valence-electron chi connectivity index (χ2n) is 7.59. The maximum atomic E-state index is 12.6. The van der Waals surface area contributed by atoms with Gasteiger partial charge in [0.25, 0.3) is 0 Å². The first-order valence-electron chi connectivity index (χ1n) is 10.4. The van der Waals surface area contributed by atoms with Gasteiger partial charge in [0.2, 0.25) is 23.6 Å². The summed E-state index contributed by atoms with van der Waals surface area (Å²) in [7, 11) is 0. The van der Waals surface area contributed by atoms with Crippen LogP contribution in [0.15, 0.2) is 35.3 Å². The Morgan fingerprint density at radius 3 is 2.16 bits per heavy atom. The van der Waals surface area contributed by atoms with Gasteiger partial charge in [-0.25, -0.2) is 0 Å². The number of amides is 4. The van der Waals surface area contributed by atoms with E-state index in [9.17, 15) is 19.2 Å². The van der Waals surface area contributed by atoms with Crippen LogP contribution in [0.5, 0.6) is 0 Å². The highest BCUT2D eigenvalue weighted by molar-refractivity contribution is 5.92. The van der Waals surface area contributed by atoms with E-state index in [2.05, 4.69) is 20.9 Å². The predicted octanol–water partition coefficient (Wildman–Crippen LogP) is -1.49. The van der Waals surface area contributed by atoms with E-state index in [4.69, 9.17) is 17.2 Å². The van der Waals surface area contributed by atoms with Crippen molar-refractivity contribution in [3.05, 3.63) is 35.9 Å². The Kier molecular flexibility index (Phi) is 11.2. The van der Waals surface area contributed by atoms with E-state index in [0.717, 1.165) is 5.56 Å². The summed E-state index contributed by atoms with van der Waals surface area (Å²) in [5.41, 5.74) is 16.8. The first-order valence-corrected chi connectivity index (χ1v) is 10.4. The number of hydrogen-bond acceptors (Lipinski definition) is 5. The van der Waals surface area contributed by atoms with Crippen molar-refractivity contribution in [1.82, 2.24) is 16.0 Å². The van der Waals surface area contributed by atoms with Gasteiger partial charge in [-0.2, -0.15) is 0 Å². The van der Waals surface area contributed by atoms with Crippen LogP contribution in [0, 0.1) is 5.92 Å². The van der Waals surface area contributed by atoms with Gasteiger partial charge in [-0.15, -0.1) is 0 Å². The predicted molar refractivity (Wildman–Crippen MR) is 121 cm³/mol. The molecule has 11 heteroatoms.